The third-order valence-electron chi connectivity index (χ3n) is 13.2. The molecule has 0 aromatic heterocycles. The Labute approximate surface area is 329 Å². The normalized spacial score (nSPS) is 25.5. The zero-order valence-corrected chi connectivity index (χ0v) is 35.1. The fourth-order valence-electron chi connectivity index (χ4n) is 9.69. The lowest BCUT2D eigenvalue weighted by Gasteiger charge is -2.40. The van der Waals surface area contributed by atoms with E-state index < -0.39 is 52.5 Å². The number of ketones is 3. The van der Waals surface area contributed by atoms with E-state index in [0.29, 0.717) is 25.8 Å². The van der Waals surface area contributed by atoms with Crippen LogP contribution in [0.25, 0.3) is 0 Å². The van der Waals surface area contributed by atoms with E-state index in [0.717, 1.165) is 51.4 Å². The SMILES string of the molecule is C=CCCC(=O)C(=O)C(CCCC)CC(=O)[C@@H]1[C@H]2CCC(C)(C)[C@H]2CN1C(=O)[C@@H](NC(=O)N[C@H](CN1C(=O)CC(C)(C)CC1=O)C(C)(C)C)C1CCCCC1. The van der Waals surface area contributed by atoms with E-state index in [2.05, 4.69) is 31.1 Å². The first-order valence-electron chi connectivity index (χ1n) is 21.1. The molecule has 0 aromatic carbocycles. The first kappa shape index (κ1) is 44.3. The summed E-state index contributed by atoms with van der Waals surface area (Å²) in [6.45, 7) is 20.1. The molecule has 2 N–H and O–H groups in total. The Morgan fingerprint density at radius 1 is 0.945 bits per heavy atom. The first-order valence-corrected chi connectivity index (χ1v) is 21.1. The van der Waals surface area contributed by atoms with Crippen molar-refractivity contribution in [1.29, 1.82) is 0 Å². The molecular formula is C44H70N4O7. The Hall–Kier alpha value is -3.37. The highest BCUT2D eigenvalue weighted by Crippen LogP contribution is 2.53. The van der Waals surface area contributed by atoms with Gasteiger partial charge in [-0.15, -0.1) is 6.58 Å². The number of nitrogens with one attached hydrogen (secondary N) is 2. The molecule has 5 amide bonds. The molecule has 2 aliphatic carbocycles. The predicted molar refractivity (Wildman–Crippen MR) is 213 cm³/mol. The maximum atomic E-state index is 15.0. The smallest absolute Gasteiger partial charge is 0.315 e. The van der Waals surface area contributed by atoms with Crippen molar-refractivity contribution in [2.24, 2.45) is 39.9 Å². The quantitative estimate of drug-likeness (QED) is 0.0924. The molecule has 308 valence electrons. The van der Waals surface area contributed by atoms with Gasteiger partial charge in [-0.3, -0.25) is 33.7 Å². The van der Waals surface area contributed by atoms with Crippen LogP contribution in [0.1, 0.15) is 152 Å². The van der Waals surface area contributed by atoms with E-state index in [4.69, 9.17) is 0 Å². The summed E-state index contributed by atoms with van der Waals surface area (Å²) in [7, 11) is 0. The highest BCUT2D eigenvalue weighted by molar-refractivity contribution is 6.38. The molecule has 4 fully saturated rings. The van der Waals surface area contributed by atoms with Crippen molar-refractivity contribution in [3.8, 4) is 0 Å². The van der Waals surface area contributed by atoms with Gasteiger partial charge in [0.15, 0.2) is 11.6 Å². The zero-order chi connectivity index (χ0) is 40.9. The van der Waals surface area contributed by atoms with Crippen molar-refractivity contribution in [1.82, 2.24) is 20.4 Å². The van der Waals surface area contributed by atoms with Crippen LogP contribution in [0.3, 0.4) is 0 Å². The second kappa shape index (κ2) is 18.3. The summed E-state index contributed by atoms with van der Waals surface area (Å²) in [5.41, 5.74) is -1.04. The second-order valence-corrected chi connectivity index (χ2v) is 19.7. The highest BCUT2D eigenvalue weighted by Gasteiger charge is 2.57. The number of amides is 5. The van der Waals surface area contributed by atoms with Crippen molar-refractivity contribution in [3.63, 3.8) is 0 Å². The van der Waals surface area contributed by atoms with E-state index >= 15 is 4.79 Å². The molecule has 4 rings (SSSR count). The monoisotopic (exact) mass is 767 g/mol. The summed E-state index contributed by atoms with van der Waals surface area (Å²) >= 11 is 0. The molecule has 1 unspecified atom stereocenters. The second-order valence-electron chi connectivity index (χ2n) is 19.7. The summed E-state index contributed by atoms with van der Waals surface area (Å²) in [5, 5.41) is 6.10. The number of Topliss-reactive ketones (excluding diaryl/α,β-unsaturated/α-hetero) is 3. The van der Waals surface area contributed by atoms with Crippen LogP contribution in [-0.4, -0.2) is 82.1 Å². The average molecular weight is 767 g/mol. The summed E-state index contributed by atoms with van der Waals surface area (Å²) in [5.74, 6) is -2.80. The van der Waals surface area contributed by atoms with E-state index in [-0.39, 0.29) is 78.9 Å². The van der Waals surface area contributed by atoms with Gasteiger partial charge in [-0.1, -0.05) is 93.6 Å². The lowest BCUT2D eigenvalue weighted by Crippen LogP contribution is -2.61. The van der Waals surface area contributed by atoms with Gasteiger partial charge in [0.05, 0.1) is 12.1 Å². The van der Waals surface area contributed by atoms with Crippen LogP contribution in [0.2, 0.25) is 0 Å². The van der Waals surface area contributed by atoms with Crippen molar-refractivity contribution in [2.45, 2.75) is 170 Å². The number of allylic oxidation sites excluding steroid dienone is 1. The molecule has 6 atom stereocenters. The van der Waals surface area contributed by atoms with Gasteiger partial charge in [0.1, 0.15) is 6.04 Å². The average Bonchev–Trinajstić information content (AvgIpc) is 3.64. The maximum absolute atomic E-state index is 15.0. The van der Waals surface area contributed by atoms with Gasteiger partial charge < -0.3 is 15.5 Å². The molecule has 4 aliphatic rings. The molecule has 11 heteroatoms. The molecule has 0 radical (unpaired) electrons. The van der Waals surface area contributed by atoms with Gasteiger partial charge in [-0.25, -0.2) is 4.79 Å². The Bertz CT molecular complexity index is 1450. The summed E-state index contributed by atoms with van der Waals surface area (Å²) in [6, 6.07) is -2.75. The third kappa shape index (κ3) is 10.9. The van der Waals surface area contributed by atoms with Crippen LogP contribution in [0.4, 0.5) is 4.79 Å². The van der Waals surface area contributed by atoms with Gasteiger partial charge in [0, 0.05) is 44.7 Å². The van der Waals surface area contributed by atoms with Crippen LogP contribution in [0, 0.1) is 39.9 Å². The lowest BCUT2D eigenvalue weighted by molar-refractivity contribution is -0.153. The predicted octanol–water partition coefficient (Wildman–Crippen LogP) is 6.96. The molecule has 2 aliphatic heterocycles. The number of carbonyl (C=O) groups is 7. The van der Waals surface area contributed by atoms with Crippen molar-refractivity contribution >= 4 is 41.1 Å². The number of hydrogen-bond acceptors (Lipinski definition) is 7. The van der Waals surface area contributed by atoms with E-state index in [1.165, 1.54) is 4.90 Å². The molecule has 0 bridgehead atoms. The molecule has 2 saturated heterocycles. The van der Waals surface area contributed by atoms with Crippen molar-refractivity contribution < 1.29 is 33.6 Å². The minimum atomic E-state index is -0.879. The molecule has 0 aromatic rings. The van der Waals surface area contributed by atoms with Gasteiger partial charge in [0.2, 0.25) is 23.5 Å². The van der Waals surface area contributed by atoms with Crippen LogP contribution >= 0.6 is 0 Å². The van der Waals surface area contributed by atoms with Crippen LogP contribution in [0.5, 0.6) is 0 Å². The van der Waals surface area contributed by atoms with Gasteiger partial charge in [-0.2, -0.15) is 0 Å². The first-order chi connectivity index (χ1) is 25.7. The largest absolute Gasteiger partial charge is 0.333 e. The van der Waals surface area contributed by atoms with Crippen molar-refractivity contribution in [3.05, 3.63) is 12.7 Å². The van der Waals surface area contributed by atoms with Crippen LogP contribution < -0.4 is 10.6 Å². The Kier molecular flexibility index (Phi) is 14.7. The summed E-state index contributed by atoms with van der Waals surface area (Å²) < 4.78 is 0. The number of likely N-dealkylation sites (tertiary alicyclic amines) is 2. The Morgan fingerprint density at radius 3 is 2.16 bits per heavy atom. The number of urea groups is 1. The molecule has 2 saturated carbocycles. The fourth-order valence-corrected chi connectivity index (χ4v) is 9.69. The maximum Gasteiger partial charge on any atom is 0.315 e. The van der Waals surface area contributed by atoms with Gasteiger partial charge in [0.25, 0.3) is 0 Å². The number of piperidine rings is 1. The van der Waals surface area contributed by atoms with E-state index in [1.807, 2.05) is 41.5 Å². The zero-order valence-electron chi connectivity index (χ0n) is 35.1. The number of hydrogen-bond donors (Lipinski definition) is 2. The van der Waals surface area contributed by atoms with Crippen LogP contribution in [0.15, 0.2) is 12.7 Å². The number of carbonyl (C=O) groups excluding carboxylic acids is 7. The number of fused-ring (bicyclic) bond motifs is 1. The Balaban J connectivity index is 1.60. The third-order valence-corrected chi connectivity index (χ3v) is 13.2. The Morgan fingerprint density at radius 2 is 1.58 bits per heavy atom. The van der Waals surface area contributed by atoms with Crippen LogP contribution in [-0.2, 0) is 28.8 Å². The lowest BCUT2D eigenvalue weighted by atomic mass is 9.78. The van der Waals surface area contributed by atoms with Gasteiger partial charge >= 0.3 is 6.03 Å². The van der Waals surface area contributed by atoms with Gasteiger partial charge in [-0.05, 0) is 72.5 Å². The number of rotatable bonds is 17. The van der Waals surface area contributed by atoms with E-state index in [1.54, 1.807) is 11.0 Å². The highest BCUT2D eigenvalue weighted by atomic mass is 16.2. The summed E-state index contributed by atoms with van der Waals surface area (Å²) in [6.07, 6.45) is 10.6. The number of imide groups is 1. The number of nitrogens with zero attached hydrogens (tertiary/aromatic N) is 2. The van der Waals surface area contributed by atoms with Crippen molar-refractivity contribution in [2.75, 3.05) is 13.1 Å². The molecule has 2 heterocycles. The fraction of sp³-hybridized carbons (Fsp3) is 0.795. The molecular weight excluding hydrogens is 697 g/mol. The topological polar surface area (TPSA) is 150 Å². The summed E-state index contributed by atoms with van der Waals surface area (Å²) in [4.78, 5) is 99.1. The minimum Gasteiger partial charge on any atom is -0.333 e. The molecule has 11 nitrogen and oxygen atoms in total. The molecule has 55 heavy (non-hydrogen) atoms. The standard InChI is InChI=1S/C44H70N4O7/c1-10-12-17-29(39(53)32(49)20-13-11-2)23-33(50)38-30-21-22-44(8,9)31(30)26-48(38)40(54)37(28-18-15-14-16-19-28)46-41(55)45-34(42(3,4)5)27-47-35(51)24-43(6,7)25-36(47)52/h11,28-31,34,37-38H,2,10,12-27H2,1,3-9H3,(H2,45,46,55)/t29?,30-,31-,34+,37-,38-/m0/s1. The minimum absolute atomic E-state index is 0.0296. The van der Waals surface area contributed by atoms with E-state index in [9.17, 15) is 28.8 Å². The molecule has 0 spiro atoms. The number of unbranched alkanes of at least 4 members (excludes halogenated alkanes) is 1.